The van der Waals surface area contributed by atoms with Crippen LogP contribution in [0, 0.1) is 10.5 Å². The van der Waals surface area contributed by atoms with Gasteiger partial charge in [0.05, 0.1) is 17.3 Å². The molecule has 1 unspecified atom stereocenters. The fourth-order valence-electron chi connectivity index (χ4n) is 2.38. The SMILES string of the molecule is Cc1ccc(I)c(C(=O)NC(C)c2nc(-c3ccccc3)cs2)c1. The molecule has 122 valence electrons. The molecule has 0 aliphatic heterocycles. The number of rotatable bonds is 4. The Bertz CT molecular complexity index is 861. The Kier molecular flexibility index (Phi) is 5.30. The minimum atomic E-state index is -0.128. The second kappa shape index (κ2) is 7.44. The second-order valence-corrected chi connectivity index (χ2v) is 7.67. The topological polar surface area (TPSA) is 42.0 Å². The summed E-state index contributed by atoms with van der Waals surface area (Å²) in [6.07, 6.45) is 0. The molecule has 1 heterocycles. The lowest BCUT2D eigenvalue weighted by Crippen LogP contribution is -2.27. The van der Waals surface area contributed by atoms with Crippen LogP contribution in [-0.2, 0) is 0 Å². The van der Waals surface area contributed by atoms with Gasteiger partial charge in [-0.2, -0.15) is 0 Å². The van der Waals surface area contributed by atoms with Crippen LogP contribution in [0.3, 0.4) is 0 Å². The standard InChI is InChI=1S/C19H17IN2OS/c1-12-8-9-16(20)15(10-12)18(23)21-13(2)19-22-17(11-24-19)14-6-4-3-5-7-14/h3-11,13H,1-2H3,(H,21,23). The first-order valence-electron chi connectivity index (χ1n) is 7.62. The Labute approximate surface area is 159 Å². The molecule has 1 aromatic heterocycles. The van der Waals surface area contributed by atoms with Gasteiger partial charge in [-0.15, -0.1) is 11.3 Å². The van der Waals surface area contributed by atoms with Gasteiger partial charge in [-0.1, -0.05) is 42.0 Å². The van der Waals surface area contributed by atoms with E-state index < -0.39 is 0 Å². The van der Waals surface area contributed by atoms with Crippen molar-refractivity contribution in [1.29, 1.82) is 0 Å². The quantitative estimate of drug-likeness (QED) is 0.557. The van der Waals surface area contributed by atoms with E-state index in [2.05, 4.69) is 32.9 Å². The predicted octanol–water partition coefficient (Wildman–Crippen LogP) is 5.21. The van der Waals surface area contributed by atoms with Crippen LogP contribution in [0.4, 0.5) is 0 Å². The first kappa shape index (κ1) is 17.1. The van der Waals surface area contributed by atoms with Gasteiger partial charge in [0.15, 0.2) is 0 Å². The van der Waals surface area contributed by atoms with Gasteiger partial charge >= 0.3 is 0 Å². The Morgan fingerprint density at radius 3 is 2.71 bits per heavy atom. The summed E-state index contributed by atoms with van der Waals surface area (Å²) in [5, 5.41) is 5.99. The number of thiazole rings is 1. The first-order valence-corrected chi connectivity index (χ1v) is 9.58. The van der Waals surface area contributed by atoms with Crippen molar-refractivity contribution in [1.82, 2.24) is 10.3 Å². The number of benzene rings is 2. The molecule has 2 aromatic carbocycles. The van der Waals surface area contributed by atoms with Crippen LogP contribution in [0.25, 0.3) is 11.3 Å². The van der Waals surface area contributed by atoms with Gasteiger partial charge in [0.2, 0.25) is 0 Å². The summed E-state index contributed by atoms with van der Waals surface area (Å²) < 4.78 is 0.951. The van der Waals surface area contributed by atoms with E-state index in [1.54, 1.807) is 11.3 Å². The zero-order valence-electron chi connectivity index (χ0n) is 13.4. The fraction of sp³-hybridized carbons (Fsp3) is 0.158. The summed E-state index contributed by atoms with van der Waals surface area (Å²) in [5.41, 5.74) is 3.82. The molecule has 24 heavy (non-hydrogen) atoms. The third kappa shape index (κ3) is 3.84. The van der Waals surface area contributed by atoms with Crippen LogP contribution in [0.1, 0.15) is 33.9 Å². The van der Waals surface area contributed by atoms with Gasteiger partial charge in [0, 0.05) is 14.5 Å². The zero-order chi connectivity index (χ0) is 17.1. The van der Waals surface area contributed by atoms with E-state index in [-0.39, 0.29) is 11.9 Å². The summed E-state index contributed by atoms with van der Waals surface area (Å²) in [6, 6.07) is 15.8. The first-order chi connectivity index (χ1) is 11.5. The molecule has 3 aromatic rings. The van der Waals surface area contributed by atoms with E-state index >= 15 is 0 Å². The van der Waals surface area contributed by atoms with Crippen molar-refractivity contribution in [3.8, 4) is 11.3 Å². The highest BCUT2D eigenvalue weighted by molar-refractivity contribution is 14.1. The van der Waals surface area contributed by atoms with Crippen molar-refractivity contribution in [2.24, 2.45) is 0 Å². The molecule has 0 saturated carbocycles. The van der Waals surface area contributed by atoms with Gasteiger partial charge < -0.3 is 5.32 Å². The van der Waals surface area contributed by atoms with Gasteiger partial charge in [-0.25, -0.2) is 4.98 Å². The molecule has 3 nitrogen and oxygen atoms in total. The van der Waals surface area contributed by atoms with Gasteiger partial charge in [0.1, 0.15) is 5.01 Å². The Hall–Kier alpha value is -1.73. The summed E-state index contributed by atoms with van der Waals surface area (Å²) in [4.78, 5) is 17.2. The maximum atomic E-state index is 12.5. The van der Waals surface area contributed by atoms with Crippen LogP contribution in [0.5, 0.6) is 0 Å². The molecule has 5 heteroatoms. The summed E-state index contributed by atoms with van der Waals surface area (Å²) in [7, 11) is 0. The fourth-order valence-corrected chi connectivity index (χ4v) is 3.79. The second-order valence-electron chi connectivity index (χ2n) is 5.62. The molecule has 0 bridgehead atoms. The molecule has 0 spiro atoms. The summed E-state index contributed by atoms with van der Waals surface area (Å²) >= 11 is 3.76. The molecule has 3 rings (SSSR count). The van der Waals surface area contributed by atoms with Crippen LogP contribution in [0.2, 0.25) is 0 Å². The van der Waals surface area contributed by atoms with Gasteiger partial charge in [0.25, 0.3) is 5.91 Å². The lowest BCUT2D eigenvalue weighted by atomic mass is 10.1. The smallest absolute Gasteiger partial charge is 0.252 e. The minimum Gasteiger partial charge on any atom is -0.343 e. The molecule has 0 aliphatic rings. The number of aromatic nitrogens is 1. The highest BCUT2D eigenvalue weighted by atomic mass is 127. The monoisotopic (exact) mass is 448 g/mol. The van der Waals surface area contributed by atoms with Crippen molar-refractivity contribution in [2.45, 2.75) is 19.9 Å². The molecule has 0 fully saturated rings. The maximum Gasteiger partial charge on any atom is 0.252 e. The molecule has 1 atom stereocenters. The third-order valence-electron chi connectivity index (χ3n) is 3.68. The van der Waals surface area contributed by atoms with E-state index in [0.717, 1.165) is 25.4 Å². The number of aryl methyl sites for hydroxylation is 1. The van der Waals surface area contributed by atoms with Crippen molar-refractivity contribution < 1.29 is 4.79 Å². The number of nitrogens with one attached hydrogen (secondary N) is 1. The lowest BCUT2D eigenvalue weighted by Gasteiger charge is -2.12. The lowest BCUT2D eigenvalue weighted by molar-refractivity contribution is 0.0939. The zero-order valence-corrected chi connectivity index (χ0v) is 16.4. The summed E-state index contributed by atoms with van der Waals surface area (Å²) in [6.45, 7) is 3.96. The van der Waals surface area contributed by atoms with Crippen LogP contribution in [-0.4, -0.2) is 10.9 Å². The summed E-state index contributed by atoms with van der Waals surface area (Å²) in [5.74, 6) is -0.0629. The predicted molar refractivity (Wildman–Crippen MR) is 107 cm³/mol. The van der Waals surface area contributed by atoms with E-state index in [1.165, 1.54) is 0 Å². The molecule has 1 N–H and O–H groups in total. The number of hydrogen-bond acceptors (Lipinski definition) is 3. The highest BCUT2D eigenvalue weighted by Gasteiger charge is 2.17. The number of carbonyl (C=O) groups is 1. The van der Waals surface area contributed by atoms with Crippen LogP contribution in [0.15, 0.2) is 53.9 Å². The van der Waals surface area contributed by atoms with E-state index in [1.807, 2.05) is 67.8 Å². The maximum absolute atomic E-state index is 12.5. The molecule has 1 amide bonds. The van der Waals surface area contributed by atoms with E-state index in [9.17, 15) is 4.79 Å². The van der Waals surface area contributed by atoms with Crippen molar-refractivity contribution in [3.05, 3.63) is 73.6 Å². The number of hydrogen-bond donors (Lipinski definition) is 1. The molecule has 0 saturated heterocycles. The highest BCUT2D eigenvalue weighted by Crippen LogP contribution is 2.25. The van der Waals surface area contributed by atoms with Crippen molar-refractivity contribution >= 4 is 39.8 Å². The van der Waals surface area contributed by atoms with Crippen molar-refractivity contribution in [2.75, 3.05) is 0 Å². The Morgan fingerprint density at radius 2 is 1.96 bits per heavy atom. The Balaban J connectivity index is 1.75. The van der Waals surface area contributed by atoms with Crippen molar-refractivity contribution in [3.63, 3.8) is 0 Å². The van der Waals surface area contributed by atoms with E-state index in [0.29, 0.717) is 5.56 Å². The minimum absolute atomic E-state index is 0.0629. The van der Waals surface area contributed by atoms with Gasteiger partial charge in [-0.05, 0) is 48.6 Å². The third-order valence-corrected chi connectivity index (χ3v) is 5.64. The average molecular weight is 448 g/mol. The average Bonchev–Trinajstić information content (AvgIpc) is 3.08. The molecule has 0 aliphatic carbocycles. The normalized spacial score (nSPS) is 12.0. The molecule has 0 radical (unpaired) electrons. The van der Waals surface area contributed by atoms with Gasteiger partial charge in [-0.3, -0.25) is 4.79 Å². The number of amides is 1. The van der Waals surface area contributed by atoms with Crippen LogP contribution >= 0.6 is 33.9 Å². The number of carbonyl (C=O) groups excluding carboxylic acids is 1. The molecular formula is C19H17IN2OS. The Morgan fingerprint density at radius 1 is 1.21 bits per heavy atom. The molecular weight excluding hydrogens is 431 g/mol. The number of nitrogens with zero attached hydrogens (tertiary/aromatic N) is 1. The largest absolute Gasteiger partial charge is 0.343 e. The van der Waals surface area contributed by atoms with Crippen LogP contribution < -0.4 is 5.32 Å². The number of halogens is 1. The van der Waals surface area contributed by atoms with E-state index in [4.69, 9.17) is 0 Å².